The number of benzene rings is 2. The predicted octanol–water partition coefficient (Wildman–Crippen LogP) is 3.56. The summed E-state index contributed by atoms with van der Waals surface area (Å²) in [6.07, 6.45) is 2.00. The molecule has 0 radical (unpaired) electrons. The van der Waals surface area contributed by atoms with Gasteiger partial charge in [-0.2, -0.15) is 10.1 Å². The van der Waals surface area contributed by atoms with Gasteiger partial charge in [0.15, 0.2) is 11.5 Å². The molecule has 2 heterocycles. The van der Waals surface area contributed by atoms with Crippen LogP contribution in [0.25, 0.3) is 0 Å². The van der Waals surface area contributed by atoms with Crippen LogP contribution < -0.4 is 14.2 Å². The van der Waals surface area contributed by atoms with E-state index in [2.05, 4.69) is 15.1 Å². The fraction of sp³-hybridized carbons (Fsp3) is 0.250. The molecule has 0 saturated carbocycles. The summed E-state index contributed by atoms with van der Waals surface area (Å²) in [6, 6.07) is 9.71. The molecular weight excluding hydrogens is 363 g/mol. The summed E-state index contributed by atoms with van der Waals surface area (Å²) < 4.78 is 31.5. The van der Waals surface area contributed by atoms with E-state index in [1.807, 2.05) is 6.07 Å². The van der Waals surface area contributed by atoms with E-state index in [1.54, 1.807) is 44.2 Å². The minimum atomic E-state index is -0.290. The maximum absolute atomic E-state index is 13.3. The van der Waals surface area contributed by atoms with Crippen LogP contribution in [0.1, 0.15) is 23.6 Å². The lowest BCUT2D eigenvalue weighted by molar-refractivity contribution is 0.344. The Morgan fingerprint density at radius 2 is 1.64 bits per heavy atom. The van der Waals surface area contributed by atoms with Crippen molar-refractivity contribution in [2.45, 2.75) is 12.5 Å². The van der Waals surface area contributed by atoms with Crippen molar-refractivity contribution >= 4 is 11.7 Å². The van der Waals surface area contributed by atoms with Crippen molar-refractivity contribution < 1.29 is 18.6 Å². The van der Waals surface area contributed by atoms with Crippen LogP contribution in [0.2, 0.25) is 0 Å². The van der Waals surface area contributed by atoms with Gasteiger partial charge in [-0.25, -0.2) is 14.1 Å². The lowest BCUT2D eigenvalue weighted by atomic mass is 9.95. The zero-order valence-corrected chi connectivity index (χ0v) is 15.7. The zero-order chi connectivity index (χ0) is 19.7. The lowest BCUT2D eigenvalue weighted by Gasteiger charge is -2.26. The van der Waals surface area contributed by atoms with Gasteiger partial charge in [-0.05, 0) is 23.8 Å². The summed E-state index contributed by atoms with van der Waals surface area (Å²) in [5, 5.41) is 4.34. The maximum atomic E-state index is 13.3. The third-order valence-electron chi connectivity index (χ3n) is 4.74. The number of rotatable bonds is 5. The van der Waals surface area contributed by atoms with Gasteiger partial charge in [0.05, 0.1) is 33.1 Å². The Balaban J connectivity index is 1.82. The summed E-state index contributed by atoms with van der Waals surface area (Å²) in [5.41, 5.74) is 2.49. The molecule has 0 N–H and O–H groups in total. The average molecular weight is 382 g/mol. The number of fused-ring (bicyclic) bond motifs is 1. The van der Waals surface area contributed by atoms with Crippen molar-refractivity contribution in [2.75, 3.05) is 21.3 Å². The van der Waals surface area contributed by atoms with Gasteiger partial charge in [-0.15, -0.1) is 0 Å². The summed E-state index contributed by atoms with van der Waals surface area (Å²) in [4.78, 5) is 8.85. The molecule has 1 aliphatic heterocycles. The molecule has 0 aliphatic carbocycles. The predicted molar refractivity (Wildman–Crippen MR) is 101 cm³/mol. The highest BCUT2D eigenvalue weighted by Gasteiger charge is 2.29. The smallest absolute Gasteiger partial charge is 0.248 e. The number of halogens is 1. The monoisotopic (exact) mass is 382 g/mol. The van der Waals surface area contributed by atoms with Gasteiger partial charge in [-0.1, -0.05) is 12.1 Å². The Hall–Kier alpha value is -3.42. The highest BCUT2D eigenvalue weighted by atomic mass is 19.1. The molecule has 144 valence electrons. The molecule has 1 unspecified atom stereocenters. The molecule has 7 nitrogen and oxygen atoms in total. The first-order valence-corrected chi connectivity index (χ1v) is 8.67. The number of ether oxygens (including phenoxy) is 3. The average Bonchev–Trinajstić information content (AvgIpc) is 3.21. The highest BCUT2D eigenvalue weighted by molar-refractivity contribution is 6.02. The molecule has 4 rings (SSSR count). The van der Waals surface area contributed by atoms with Crippen LogP contribution in [-0.2, 0) is 0 Å². The summed E-state index contributed by atoms with van der Waals surface area (Å²) in [6.45, 7) is 0. The molecule has 1 aliphatic rings. The summed E-state index contributed by atoms with van der Waals surface area (Å²) in [5.74, 6) is 1.99. The molecular formula is C20H19FN4O3. The van der Waals surface area contributed by atoms with Gasteiger partial charge < -0.3 is 14.2 Å². The van der Waals surface area contributed by atoms with E-state index in [4.69, 9.17) is 14.2 Å². The molecule has 1 atom stereocenters. The molecule has 8 heteroatoms. The van der Waals surface area contributed by atoms with Crippen LogP contribution >= 0.6 is 0 Å². The van der Waals surface area contributed by atoms with Crippen LogP contribution in [0.3, 0.4) is 0 Å². The molecule has 0 saturated heterocycles. The quantitative estimate of drug-likeness (QED) is 0.675. The van der Waals surface area contributed by atoms with Gasteiger partial charge in [0, 0.05) is 18.1 Å². The number of hydrogen-bond donors (Lipinski definition) is 0. The number of nitrogens with zero attached hydrogens (tertiary/aromatic N) is 4. The number of hydrogen-bond acceptors (Lipinski definition) is 6. The topological polar surface area (TPSA) is 70.8 Å². The minimum Gasteiger partial charge on any atom is -0.496 e. The van der Waals surface area contributed by atoms with E-state index >= 15 is 0 Å². The van der Waals surface area contributed by atoms with Crippen LogP contribution in [0, 0.1) is 5.82 Å². The first-order valence-electron chi connectivity index (χ1n) is 8.67. The van der Waals surface area contributed by atoms with E-state index in [-0.39, 0.29) is 11.9 Å². The second kappa shape index (κ2) is 7.30. The lowest BCUT2D eigenvalue weighted by Crippen LogP contribution is -2.22. The van der Waals surface area contributed by atoms with Gasteiger partial charge in [-0.3, -0.25) is 0 Å². The fourth-order valence-corrected chi connectivity index (χ4v) is 3.36. The summed E-state index contributed by atoms with van der Waals surface area (Å²) in [7, 11) is 4.76. The van der Waals surface area contributed by atoms with Gasteiger partial charge in [0.1, 0.15) is 17.9 Å². The van der Waals surface area contributed by atoms with Crippen molar-refractivity contribution in [3.63, 3.8) is 0 Å². The Morgan fingerprint density at radius 3 is 2.32 bits per heavy atom. The van der Waals surface area contributed by atoms with E-state index < -0.39 is 0 Å². The molecule has 28 heavy (non-hydrogen) atoms. The third kappa shape index (κ3) is 3.06. The second-order valence-electron chi connectivity index (χ2n) is 6.24. The zero-order valence-electron chi connectivity index (χ0n) is 15.7. The third-order valence-corrected chi connectivity index (χ3v) is 4.74. The van der Waals surface area contributed by atoms with E-state index in [9.17, 15) is 4.39 Å². The van der Waals surface area contributed by atoms with Crippen molar-refractivity contribution in [3.8, 4) is 17.2 Å². The first-order chi connectivity index (χ1) is 13.6. The van der Waals surface area contributed by atoms with Crippen LogP contribution in [0.4, 0.5) is 10.3 Å². The van der Waals surface area contributed by atoms with Crippen molar-refractivity contribution in [3.05, 3.63) is 59.7 Å². The molecule has 0 amide bonds. The van der Waals surface area contributed by atoms with Gasteiger partial charge >= 0.3 is 0 Å². The Morgan fingerprint density at radius 1 is 0.964 bits per heavy atom. The molecule has 3 aromatic rings. The standard InChI is InChI=1S/C20H19FN4O3/c1-26-17-10-19(28-3)18(27-2)8-14(17)16-9-15(12-4-6-13(21)7-5-12)24-20-22-11-23-25(16)20/h4-8,10-11,16H,9H2,1-3H3. The second-order valence-corrected chi connectivity index (χ2v) is 6.24. The van der Waals surface area contributed by atoms with Crippen LogP contribution in [0.5, 0.6) is 17.2 Å². The van der Waals surface area contributed by atoms with Crippen molar-refractivity contribution in [2.24, 2.45) is 4.99 Å². The number of aliphatic imine (C=N–C) groups is 1. The Bertz CT molecular complexity index is 1030. The Labute approximate surface area is 161 Å². The normalized spacial score (nSPS) is 15.6. The van der Waals surface area contributed by atoms with E-state index in [0.717, 1.165) is 16.8 Å². The van der Waals surface area contributed by atoms with E-state index in [1.165, 1.54) is 18.5 Å². The highest BCUT2D eigenvalue weighted by Crippen LogP contribution is 2.42. The minimum absolute atomic E-state index is 0.218. The molecule has 2 aromatic carbocycles. The van der Waals surface area contributed by atoms with Crippen LogP contribution in [0.15, 0.2) is 47.7 Å². The number of methoxy groups -OCH3 is 3. The number of aromatic nitrogens is 3. The Kier molecular flexibility index (Phi) is 4.68. The maximum Gasteiger partial charge on any atom is 0.248 e. The molecule has 0 bridgehead atoms. The van der Waals surface area contributed by atoms with Gasteiger partial charge in [0.25, 0.3) is 0 Å². The molecule has 0 spiro atoms. The van der Waals surface area contributed by atoms with Gasteiger partial charge in [0.2, 0.25) is 5.95 Å². The molecule has 1 aromatic heterocycles. The van der Waals surface area contributed by atoms with Crippen LogP contribution in [-0.4, -0.2) is 41.8 Å². The largest absolute Gasteiger partial charge is 0.496 e. The SMILES string of the molecule is COc1cc(OC)c(C2CC(c3ccc(F)cc3)=Nc3ncnn32)cc1OC. The summed E-state index contributed by atoms with van der Waals surface area (Å²) >= 11 is 0. The molecule has 0 fully saturated rings. The van der Waals surface area contributed by atoms with Crippen molar-refractivity contribution in [1.29, 1.82) is 0 Å². The fourth-order valence-electron chi connectivity index (χ4n) is 3.36. The van der Waals surface area contributed by atoms with E-state index in [0.29, 0.717) is 29.6 Å². The first kappa shape index (κ1) is 18.0. The van der Waals surface area contributed by atoms with Crippen molar-refractivity contribution in [1.82, 2.24) is 14.8 Å².